The Hall–Kier alpha value is -1.89. The minimum Gasteiger partial charge on any atom is -0.463 e. The normalized spacial score (nSPS) is 9.21. The Morgan fingerprint density at radius 2 is 2.36 bits per heavy atom. The molecule has 0 amide bonds. The molecule has 0 aromatic carbocycles. The van der Waals surface area contributed by atoms with Crippen molar-refractivity contribution in [1.29, 1.82) is 0 Å². The Balaban J connectivity index is 2.56. The average Bonchev–Trinajstić information content (AvgIpc) is 2.42. The van der Waals surface area contributed by atoms with Crippen molar-refractivity contribution in [3.05, 3.63) is 17.6 Å². The van der Waals surface area contributed by atoms with E-state index >= 15 is 0 Å². The summed E-state index contributed by atoms with van der Waals surface area (Å²) >= 11 is 0. The summed E-state index contributed by atoms with van der Waals surface area (Å²) in [5.41, 5.74) is 0. The first-order chi connectivity index (χ1) is 6.63. The molecule has 14 heavy (non-hydrogen) atoms. The molecule has 1 rings (SSSR count). The van der Waals surface area contributed by atoms with E-state index in [9.17, 15) is 4.79 Å². The van der Waals surface area contributed by atoms with Crippen LogP contribution in [0.15, 0.2) is 10.5 Å². The van der Waals surface area contributed by atoms with Gasteiger partial charge in [0, 0.05) is 6.07 Å². The summed E-state index contributed by atoms with van der Waals surface area (Å²) in [4.78, 5) is 11.0. The molecule has 4 heteroatoms. The van der Waals surface area contributed by atoms with Crippen LogP contribution in [0.4, 0.5) is 4.79 Å². The van der Waals surface area contributed by atoms with Gasteiger partial charge in [-0.2, -0.15) is 0 Å². The van der Waals surface area contributed by atoms with Gasteiger partial charge in [0.05, 0.1) is 0 Å². The van der Waals surface area contributed by atoms with E-state index in [0.29, 0.717) is 17.3 Å². The average molecular weight is 194 g/mol. The van der Waals surface area contributed by atoms with Crippen LogP contribution >= 0.6 is 0 Å². The van der Waals surface area contributed by atoms with Gasteiger partial charge < -0.3 is 13.9 Å². The number of hydrogen-bond donors (Lipinski definition) is 0. The Kier molecular flexibility index (Phi) is 3.19. The van der Waals surface area contributed by atoms with E-state index in [0.717, 1.165) is 0 Å². The van der Waals surface area contributed by atoms with Crippen LogP contribution in [0, 0.1) is 26.2 Å². The summed E-state index contributed by atoms with van der Waals surface area (Å²) in [5, 5.41) is 0. The summed E-state index contributed by atoms with van der Waals surface area (Å²) < 4.78 is 14.5. The largest absolute Gasteiger partial charge is 0.514 e. The van der Waals surface area contributed by atoms with E-state index in [1.54, 1.807) is 19.9 Å². The van der Waals surface area contributed by atoms with E-state index in [2.05, 4.69) is 10.7 Å². The minimum absolute atomic E-state index is 0.102. The molecule has 0 aliphatic heterocycles. The molecule has 4 nitrogen and oxygen atoms in total. The summed E-state index contributed by atoms with van der Waals surface area (Å²) in [6.45, 7) is 3.35. The molecule has 1 aromatic heterocycles. The van der Waals surface area contributed by atoms with Gasteiger partial charge >= 0.3 is 6.16 Å². The highest BCUT2D eigenvalue weighted by molar-refractivity contribution is 5.64. The van der Waals surface area contributed by atoms with Gasteiger partial charge in [0.2, 0.25) is 0 Å². The zero-order chi connectivity index (χ0) is 10.6. The summed E-state index contributed by atoms with van der Waals surface area (Å²) in [5.74, 6) is 3.71. The number of rotatable bonds is 2. The van der Waals surface area contributed by atoms with Crippen molar-refractivity contribution in [1.82, 2.24) is 0 Å². The van der Waals surface area contributed by atoms with Crippen LogP contribution in [0.25, 0.3) is 0 Å². The van der Waals surface area contributed by atoms with Crippen molar-refractivity contribution in [2.45, 2.75) is 13.8 Å². The van der Waals surface area contributed by atoms with Crippen LogP contribution in [0.5, 0.6) is 5.75 Å². The number of terminal acetylenes is 1. The van der Waals surface area contributed by atoms with Gasteiger partial charge in [-0.3, -0.25) is 0 Å². The van der Waals surface area contributed by atoms with Crippen LogP contribution in [0.3, 0.4) is 0 Å². The lowest BCUT2D eigenvalue weighted by Crippen LogP contribution is -2.10. The van der Waals surface area contributed by atoms with Gasteiger partial charge in [-0.15, -0.1) is 6.42 Å². The predicted molar refractivity (Wildman–Crippen MR) is 49.0 cm³/mol. The number of ether oxygens (including phenoxy) is 2. The van der Waals surface area contributed by atoms with Crippen molar-refractivity contribution in [2.24, 2.45) is 0 Å². The molecule has 0 spiro atoms. The molecular formula is C10H10O4. The quantitative estimate of drug-likeness (QED) is 0.534. The monoisotopic (exact) mass is 194 g/mol. The lowest BCUT2D eigenvalue weighted by molar-refractivity contribution is 0.110. The van der Waals surface area contributed by atoms with Crippen LogP contribution in [-0.4, -0.2) is 12.8 Å². The first-order valence-electron chi connectivity index (χ1n) is 3.98. The third-order valence-corrected chi connectivity index (χ3v) is 1.46. The molecule has 74 valence electrons. The topological polar surface area (TPSA) is 48.7 Å². The van der Waals surface area contributed by atoms with E-state index < -0.39 is 6.16 Å². The predicted octanol–water partition coefficient (Wildman–Crippen LogP) is 2.05. The van der Waals surface area contributed by atoms with Crippen LogP contribution < -0.4 is 4.74 Å². The molecule has 1 aromatic rings. The molecule has 1 heterocycles. The zero-order valence-electron chi connectivity index (χ0n) is 7.99. The number of carbonyl (C=O) groups is 1. The van der Waals surface area contributed by atoms with Crippen molar-refractivity contribution in [3.63, 3.8) is 0 Å². The highest BCUT2D eigenvalue weighted by Crippen LogP contribution is 2.22. The van der Waals surface area contributed by atoms with Gasteiger partial charge in [0.25, 0.3) is 0 Å². The molecule has 0 radical (unpaired) electrons. The van der Waals surface area contributed by atoms with Crippen LogP contribution in [0.2, 0.25) is 0 Å². The number of hydrogen-bond acceptors (Lipinski definition) is 4. The molecule has 0 unspecified atom stereocenters. The van der Waals surface area contributed by atoms with Gasteiger partial charge in [-0.05, 0) is 13.8 Å². The third kappa shape index (κ3) is 2.56. The fourth-order valence-electron chi connectivity index (χ4n) is 0.929. The van der Waals surface area contributed by atoms with E-state index in [1.807, 2.05) is 0 Å². The van der Waals surface area contributed by atoms with Gasteiger partial charge in [0.1, 0.15) is 11.5 Å². The summed E-state index contributed by atoms with van der Waals surface area (Å²) in [6, 6.07) is 1.60. The lowest BCUT2D eigenvalue weighted by atomic mass is 10.4. The fraction of sp³-hybridized carbons (Fsp3) is 0.300. The maximum Gasteiger partial charge on any atom is 0.514 e. The second-order valence-electron chi connectivity index (χ2n) is 2.62. The number of aryl methyl sites for hydroxylation is 2. The van der Waals surface area contributed by atoms with E-state index in [1.165, 1.54) is 0 Å². The molecule has 0 saturated carbocycles. The standard InChI is InChI=1S/C10H10O4/c1-4-5-12-10(11)14-9-6-7(2)13-8(9)3/h1,6H,5H2,2-3H3. The first kappa shape index (κ1) is 10.2. The van der Waals surface area contributed by atoms with Crippen LogP contribution in [-0.2, 0) is 4.74 Å². The summed E-state index contributed by atoms with van der Waals surface area (Å²) in [7, 11) is 0. The second-order valence-corrected chi connectivity index (χ2v) is 2.62. The lowest BCUT2D eigenvalue weighted by Gasteiger charge is -2.00. The maximum absolute atomic E-state index is 11.0. The smallest absolute Gasteiger partial charge is 0.463 e. The third-order valence-electron chi connectivity index (χ3n) is 1.46. The molecule has 0 bridgehead atoms. The van der Waals surface area contributed by atoms with E-state index in [4.69, 9.17) is 15.6 Å². The molecule has 0 aliphatic rings. The van der Waals surface area contributed by atoms with Crippen molar-refractivity contribution in [2.75, 3.05) is 6.61 Å². The van der Waals surface area contributed by atoms with Crippen molar-refractivity contribution in [3.8, 4) is 18.1 Å². The van der Waals surface area contributed by atoms with Crippen LogP contribution in [0.1, 0.15) is 11.5 Å². The fourth-order valence-corrected chi connectivity index (χ4v) is 0.929. The van der Waals surface area contributed by atoms with Crippen molar-refractivity contribution < 1.29 is 18.7 Å². The molecule has 0 N–H and O–H groups in total. The first-order valence-corrected chi connectivity index (χ1v) is 3.98. The minimum atomic E-state index is -0.827. The zero-order valence-corrected chi connectivity index (χ0v) is 7.99. The SMILES string of the molecule is C#CCOC(=O)Oc1cc(C)oc1C. The Bertz CT molecular complexity index is 370. The maximum atomic E-state index is 11.0. The Labute approximate surface area is 81.8 Å². The number of furan rings is 1. The highest BCUT2D eigenvalue weighted by atomic mass is 16.7. The van der Waals surface area contributed by atoms with Gasteiger partial charge in [-0.25, -0.2) is 4.79 Å². The number of carbonyl (C=O) groups excluding carboxylic acids is 1. The Morgan fingerprint density at radius 3 is 2.86 bits per heavy atom. The summed E-state index contributed by atoms with van der Waals surface area (Å²) in [6.07, 6.45) is 4.08. The highest BCUT2D eigenvalue weighted by Gasteiger charge is 2.11. The van der Waals surface area contributed by atoms with E-state index in [-0.39, 0.29) is 6.61 Å². The molecule has 0 atom stereocenters. The van der Waals surface area contributed by atoms with Gasteiger partial charge in [0.15, 0.2) is 12.4 Å². The van der Waals surface area contributed by atoms with Gasteiger partial charge in [-0.1, -0.05) is 5.92 Å². The van der Waals surface area contributed by atoms with Crippen molar-refractivity contribution >= 4 is 6.16 Å². The molecule has 0 aliphatic carbocycles. The Morgan fingerprint density at radius 1 is 1.64 bits per heavy atom. The second kappa shape index (κ2) is 4.38. The molecule has 0 fully saturated rings. The molecule has 0 saturated heterocycles. The molecular weight excluding hydrogens is 184 g/mol.